The van der Waals surface area contributed by atoms with E-state index in [1.54, 1.807) is 0 Å². The molecule has 4 aromatic rings. The van der Waals surface area contributed by atoms with E-state index in [-0.39, 0.29) is 42.8 Å². The van der Waals surface area contributed by atoms with Gasteiger partial charge in [-0.1, -0.05) is 0 Å². The van der Waals surface area contributed by atoms with Gasteiger partial charge in [0.25, 0.3) is 5.56 Å². The van der Waals surface area contributed by atoms with Crippen LogP contribution < -0.4 is 17.0 Å². The molecule has 0 aliphatic carbocycles. The Balaban J connectivity index is 1.12. The monoisotopic (exact) mass is 735 g/mol. The van der Waals surface area contributed by atoms with E-state index in [4.69, 9.17) is 46.3 Å². The molecule has 0 spiro atoms. The molecule has 0 saturated carbocycles. The molecular weight excluding hydrogens is 710 g/mol. The minimum Gasteiger partial charge on any atom is -0.389 e. The Labute approximate surface area is 272 Å². The minimum atomic E-state index is -4.21. The highest BCUT2D eigenvalue weighted by atomic mass is 32.7. The van der Waals surface area contributed by atoms with E-state index >= 15 is 0 Å². The third kappa shape index (κ3) is 5.23. The Morgan fingerprint density at radius 2 is 1.98 bits per heavy atom. The summed E-state index contributed by atoms with van der Waals surface area (Å²) in [5.41, 5.74) is 8.85. The molecule has 0 amide bonds. The van der Waals surface area contributed by atoms with Gasteiger partial charge in [-0.25, -0.2) is 19.9 Å². The number of aliphatic hydroxyl groups is 2. The zero-order chi connectivity index (χ0) is 32.6. The van der Waals surface area contributed by atoms with Crippen molar-refractivity contribution in [3.63, 3.8) is 0 Å². The van der Waals surface area contributed by atoms with E-state index in [0.717, 1.165) is 11.8 Å². The van der Waals surface area contributed by atoms with E-state index in [9.17, 15) is 24.5 Å². The molecule has 0 aromatic carbocycles. The number of aliphatic hydroxyl groups excluding tert-OH is 2. The molecule has 2 bridgehead atoms. The van der Waals surface area contributed by atoms with Crippen LogP contribution in [0.3, 0.4) is 0 Å². The summed E-state index contributed by atoms with van der Waals surface area (Å²) in [5.74, 6) is -0.0283. The first kappa shape index (κ1) is 32.2. The van der Waals surface area contributed by atoms with Gasteiger partial charge in [0.15, 0.2) is 28.4 Å². The van der Waals surface area contributed by atoms with Crippen molar-refractivity contribution in [2.45, 2.75) is 40.3 Å². The van der Waals surface area contributed by atoms with Gasteiger partial charge in [0.05, 0.1) is 43.8 Å². The molecule has 3 saturated heterocycles. The number of fused-ring (bicyclic) bond motifs is 4. The maximum atomic E-state index is 12.4. The Morgan fingerprint density at radius 3 is 2.72 bits per heavy atom. The molecule has 20 nitrogen and oxygen atoms in total. The summed E-state index contributed by atoms with van der Waals surface area (Å²) in [6.45, 7) is -5.15. The highest BCUT2D eigenvalue weighted by Gasteiger charge is 2.67. The van der Waals surface area contributed by atoms with Crippen molar-refractivity contribution in [3.05, 3.63) is 29.3 Å². The van der Waals surface area contributed by atoms with Crippen molar-refractivity contribution in [1.29, 1.82) is 0 Å². The molecule has 0 radical (unpaired) electrons. The van der Waals surface area contributed by atoms with Gasteiger partial charge in [-0.05, 0) is 16.4 Å². The minimum absolute atomic E-state index is 0.0307. The predicted octanol–water partition coefficient (Wildman–Crippen LogP) is -0.866. The number of thioether (sulfide) groups is 1. The number of aromatic amines is 1. The summed E-state index contributed by atoms with van der Waals surface area (Å²) in [4.78, 5) is 46.6. The maximum Gasteiger partial charge on any atom is 0.582 e. The lowest BCUT2D eigenvalue weighted by atomic mass is 9.97. The third-order valence-electron chi connectivity index (χ3n) is 7.94. The standard InChI is InChI=1S/C21H24N10O10P2S3/c22-13-9-14(25-5-24-13)31(7-27-9)21-4-37-20(2-38-21,18(21)34)3-40-43(36,45)41-12-11(32)8(1-39-42(35)44)46-17(12)30-6-26-10-15(30)28-19(23)29-16(10)33/h5-8,11-12,17-18,32,34H,1-4H2,(H6-,22,23,24,25,28,29,33,35,36,44,45)/p+1/t8-,11-,12-,17-,18-,20-,21-,43?/m1/s1. The van der Waals surface area contributed by atoms with Crippen LogP contribution in [0.25, 0.3) is 22.3 Å². The summed E-state index contributed by atoms with van der Waals surface area (Å²) in [5, 5.41) is 21.1. The number of H-pyrrole nitrogens is 1. The van der Waals surface area contributed by atoms with Gasteiger partial charge in [-0.15, -0.1) is 16.3 Å². The van der Waals surface area contributed by atoms with Gasteiger partial charge in [0, 0.05) is 0 Å². The number of imidazole rings is 2. The van der Waals surface area contributed by atoms with Crippen LogP contribution in [0.1, 0.15) is 5.37 Å². The van der Waals surface area contributed by atoms with Crippen molar-refractivity contribution < 1.29 is 42.7 Å². The molecule has 7 rings (SSSR count). The number of nitrogens with two attached hydrogens (primary N) is 2. The normalized spacial score (nSPS) is 32.4. The number of hydrogen-bond acceptors (Lipinski definition) is 18. The average molecular weight is 736 g/mol. The van der Waals surface area contributed by atoms with Gasteiger partial charge in [-0.2, -0.15) is 4.98 Å². The van der Waals surface area contributed by atoms with Crippen molar-refractivity contribution in [1.82, 2.24) is 39.0 Å². The van der Waals surface area contributed by atoms with Gasteiger partial charge in [0.2, 0.25) is 5.95 Å². The van der Waals surface area contributed by atoms with Crippen LogP contribution in [0.4, 0.5) is 11.8 Å². The van der Waals surface area contributed by atoms with Gasteiger partial charge in [0.1, 0.15) is 53.9 Å². The molecule has 3 aliphatic heterocycles. The van der Waals surface area contributed by atoms with E-state index in [1.807, 2.05) is 0 Å². The highest BCUT2D eigenvalue weighted by Crippen LogP contribution is 2.56. The van der Waals surface area contributed by atoms with Crippen LogP contribution in [0.5, 0.6) is 0 Å². The first-order valence-electron chi connectivity index (χ1n) is 13.2. The quantitative estimate of drug-likeness (QED) is 0.0770. The van der Waals surface area contributed by atoms with E-state index < -0.39 is 66.4 Å². The Morgan fingerprint density at radius 1 is 1.20 bits per heavy atom. The lowest BCUT2D eigenvalue weighted by molar-refractivity contribution is -0.171. The highest BCUT2D eigenvalue weighted by molar-refractivity contribution is 8.39. The fourth-order valence-electron chi connectivity index (χ4n) is 5.70. The largest absolute Gasteiger partial charge is 0.582 e. The second-order valence-corrected chi connectivity index (χ2v) is 16.5. The number of nitrogens with zero attached hydrogens (tertiary/aromatic N) is 7. The number of nitrogen functional groups attached to an aromatic ring is 2. The number of aromatic nitrogens is 8. The summed E-state index contributed by atoms with van der Waals surface area (Å²) in [7, 11) is -2.29. The Hall–Kier alpha value is -2.37. The van der Waals surface area contributed by atoms with Gasteiger partial charge in [-0.3, -0.25) is 23.4 Å². The molecule has 246 valence electrons. The summed E-state index contributed by atoms with van der Waals surface area (Å²) < 4.78 is 43.2. The van der Waals surface area contributed by atoms with Crippen molar-refractivity contribution in [2.24, 2.45) is 0 Å². The number of thiol groups is 1. The smallest absolute Gasteiger partial charge is 0.389 e. The van der Waals surface area contributed by atoms with Crippen molar-refractivity contribution in [2.75, 3.05) is 37.9 Å². The Kier molecular flexibility index (Phi) is 8.15. The molecule has 9 atom stereocenters. The number of rotatable bonds is 10. The summed E-state index contributed by atoms with van der Waals surface area (Å²) in [6, 6.07) is 0. The molecule has 46 heavy (non-hydrogen) atoms. The lowest BCUT2D eigenvalue weighted by Crippen LogP contribution is -2.47. The second-order valence-electron chi connectivity index (χ2n) is 10.6. The zero-order valence-electron chi connectivity index (χ0n) is 23.1. The summed E-state index contributed by atoms with van der Waals surface area (Å²) >= 11 is 10.2. The second kappa shape index (κ2) is 11.7. The molecule has 3 fully saturated rings. The van der Waals surface area contributed by atoms with Crippen LogP contribution in [-0.2, 0) is 45.1 Å². The first-order chi connectivity index (χ1) is 21.8. The lowest BCUT2D eigenvalue weighted by Gasteiger charge is -2.31. The molecular formula is C21H25N10O10P2S3+. The van der Waals surface area contributed by atoms with Crippen LogP contribution in [0, 0.1) is 0 Å². The van der Waals surface area contributed by atoms with Crippen LogP contribution >= 0.6 is 38.0 Å². The number of anilines is 2. The number of hydrogen-bond donors (Lipinski definition) is 7. The molecule has 8 N–H and O–H groups in total. The van der Waals surface area contributed by atoms with Crippen molar-refractivity contribution in [3.8, 4) is 0 Å². The molecule has 4 aromatic heterocycles. The topological polar surface area (TPSA) is 283 Å². The fraction of sp³-hybridized carbons (Fsp3) is 0.524. The zero-order valence-corrected chi connectivity index (χ0v) is 27.4. The van der Waals surface area contributed by atoms with Gasteiger partial charge >= 0.3 is 13.9 Å². The van der Waals surface area contributed by atoms with Crippen LogP contribution in [0.2, 0.25) is 0 Å². The van der Waals surface area contributed by atoms with E-state index in [0.29, 0.717) is 11.2 Å². The van der Waals surface area contributed by atoms with Crippen LogP contribution in [-0.4, -0.2) is 110 Å². The first-order valence-corrected chi connectivity index (χ1v) is 19.1. The molecule has 3 aliphatic rings. The molecule has 7 heterocycles. The van der Waals surface area contributed by atoms with Crippen molar-refractivity contribution >= 4 is 83.9 Å². The molecule has 2 unspecified atom stereocenters. The third-order valence-corrected chi connectivity index (χ3v) is 11.7. The van der Waals surface area contributed by atoms with E-state index in [2.05, 4.69) is 42.2 Å². The summed E-state index contributed by atoms with van der Waals surface area (Å²) in [6.07, 6.45) is -0.00445. The SMILES string of the molecule is Nc1nc2c(ncn2[C@@H]2S[C@H](CO[P+](=O)S)[C@@H](O)[C@H]2OP(O)(=S)OC[C@@]23CO[C@](n4cnc5c(N)ncnc54)(CO2)[C@@H]3O)c(=O)[nH]1. The van der Waals surface area contributed by atoms with Gasteiger partial charge < -0.3 is 40.6 Å². The average Bonchev–Trinajstić information content (AvgIpc) is 3.80. The Bertz CT molecular complexity index is 1950. The fourth-order valence-corrected chi connectivity index (χ4v) is 9.30. The predicted molar refractivity (Wildman–Crippen MR) is 167 cm³/mol. The number of ether oxygens (including phenoxy) is 2. The number of nitrogens with one attached hydrogen (secondary N) is 1. The van der Waals surface area contributed by atoms with E-state index in [1.165, 1.54) is 28.1 Å². The molecule has 25 heteroatoms. The van der Waals surface area contributed by atoms with Crippen LogP contribution in [0.15, 0.2) is 23.8 Å². The maximum absolute atomic E-state index is 12.4.